The zero-order chi connectivity index (χ0) is 16.4. The third-order valence-corrected chi connectivity index (χ3v) is 4.38. The van der Waals surface area contributed by atoms with Crippen molar-refractivity contribution in [2.45, 2.75) is 25.8 Å². The molecule has 3 rings (SSSR count). The van der Waals surface area contributed by atoms with Gasteiger partial charge in [0.15, 0.2) is 11.6 Å². The summed E-state index contributed by atoms with van der Waals surface area (Å²) < 4.78 is 28.8. The van der Waals surface area contributed by atoms with Crippen molar-refractivity contribution >= 4 is 10.9 Å². The quantitative estimate of drug-likeness (QED) is 0.751. The Kier molecular flexibility index (Phi) is 4.44. The molecule has 0 saturated carbocycles. The van der Waals surface area contributed by atoms with E-state index < -0.39 is 11.6 Å². The lowest BCUT2D eigenvalue weighted by molar-refractivity contribution is 0.505. The van der Waals surface area contributed by atoms with Crippen molar-refractivity contribution in [3.63, 3.8) is 0 Å². The Labute approximate surface area is 134 Å². The number of para-hydroxylation sites is 1. The maximum Gasteiger partial charge on any atom is 0.159 e. The minimum absolute atomic E-state index is 0.0405. The molecule has 4 heteroatoms. The molecule has 2 aromatic carbocycles. The monoisotopic (exact) mass is 314 g/mol. The first kappa shape index (κ1) is 15.7. The molecule has 0 amide bonds. The lowest BCUT2D eigenvalue weighted by Gasteiger charge is -2.15. The fourth-order valence-corrected chi connectivity index (χ4v) is 3.12. The number of nitrogens with two attached hydrogens (primary N) is 1. The molecule has 1 heterocycles. The molecular formula is C19H20F2N2. The summed E-state index contributed by atoms with van der Waals surface area (Å²) in [6.07, 6.45) is 2.84. The Bertz CT molecular complexity index is 823. The van der Waals surface area contributed by atoms with Crippen LogP contribution in [0.4, 0.5) is 8.78 Å². The third kappa shape index (κ3) is 2.99. The molecule has 1 atom stereocenters. The second kappa shape index (κ2) is 6.50. The molecule has 0 aliphatic rings. The number of aromatic nitrogens is 1. The van der Waals surface area contributed by atoms with Crippen LogP contribution in [-0.4, -0.2) is 11.1 Å². The summed E-state index contributed by atoms with van der Waals surface area (Å²) in [5, 5.41) is 1.19. The number of nitrogens with zero attached hydrogens (tertiary/aromatic N) is 1. The Morgan fingerprint density at radius 3 is 2.57 bits per heavy atom. The van der Waals surface area contributed by atoms with Gasteiger partial charge in [-0.1, -0.05) is 24.3 Å². The Morgan fingerprint density at radius 1 is 1.09 bits per heavy atom. The first-order valence-corrected chi connectivity index (χ1v) is 7.85. The van der Waals surface area contributed by atoms with Gasteiger partial charge >= 0.3 is 0 Å². The SMILES string of the molecule is CCn1cc(CC(CN)c2ccc(F)c(F)c2)c2ccccc21. The van der Waals surface area contributed by atoms with Crippen molar-refractivity contribution in [2.75, 3.05) is 6.54 Å². The summed E-state index contributed by atoms with van der Waals surface area (Å²) >= 11 is 0. The number of halogens is 2. The topological polar surface area (TPSA) is 30.9 Å². The molecule has 0 saturated heterocycles. The number of hydrogen-bond donors (Lipinski definition) is 1. The molecule has 2 N–H and O–H groups in total. The Balaban J connectivity index is 1.97. The fraction of sp³-hybridized carbons (Fsp3) is 0.263. The highest BCUT2D eigenvalue weighted by atomic mass is 19.2. The number of aryl methyl sites for hydroxylation is 1. The van der Waals surface area contributed by atoms with E-state index in [-0.39, 0.29) is 5.92 Å². The average molecular weight is 314 g/mol. The van der Waals surface area contributed by atoms with Crippen LogP contribution in [0.2, 0.25) is 0 Å². The van der Waals surface area contributed by atoms with Crippen LogP contribution >= 0.6 is 0 Å². The molecule has 0 bridgehead atoms. The number of rotatable bonds is 5. The van der Waals surface area contributed by atoms with Gasteiger partial charge in [-0.05, 0) is 49.2 Å². The van der Waals surface area contributed by atoms with E-state index in [1.807, 2.05) is 12.1 Å². The van der Waals surface area contributed by atoms with Crippen molar-refractivity contribution in [1.82, 2.24) is 4.57 Å². The molecule has 0 radical (unpaired) electrons. The number of fused-ring (bicyclic) bond motifs is 1. The number of hydrogen-bond acceptors (Lipinski definition) is 1. The van der Waals surface area contributed by atoms with E-state index in [9.17, 15) is 8.78 Å². The second-order valence-electron chi connectivity index (χ2n) is 5.77. The third-order valence-electron chi connectivity index (χ3n) is 4.38. The normalized spacial score (nSPS) is 12.7. The highest BCUT2D eigenvalue weighted by Crippen LogP contribution is 2.28. The molecule has 0 fully saturated rings. The fourth-order valence-electron chi connectivity index (χ4n) is 3.12. The molecule has 23 heavy (non-hydrogen) atoms. The lowest BCUT2D eigenvalue weighted by atomic mass is 9.92. The van der Waals surface area contributed by atoms with Gasteiger partial charge in [-0.2, -0.15) is 0 Å². The average Bonchev–Trinajstić information content (AvgIpc) is 2.93. The molecule has 3 aromatic rings. The highest BCUT2D eigenvalue weighted by molar-refractivity contribution is 5.84. The van der Waals surface area contributed by atoms with Crippen LogP contribution in [-0.2, 0) is 13.0 Å². The van der Waals surface area contributed by atoms with E-state index in [0.29, 0.717) is 13.0 Å². The predicted octanol–water partition coefficient (Wildman–Crippen LogP) is 4.22. The van der Waals surface area contributed by atoms with Gasteiger partial charge < -0.3 is 10.3 Å². The van der Waals surface area contributed by atoms with Crippen LogP contribution in [0.3, 0.4) is 0 Å². The lowest BCUT2D eigenvalue weighted by Crippen LogP contribution is -2.15. The second-order valence-corrected chi connectivity index (χ2v) is 5.77. The predicted molar refractivity (Wildman–Crippen MR) is 89.5 cm³/mol. The van der Waals surface area contributed by atoms with Crippen LogP contribution in [0.5, 0.6) is 0 Å². The largest absolute Gasteiger partial charge is 0.347 e. The van der Waals surface area contributed by atoms with Crippen LogP contribution in [0.25, 0.3) is 10.9 Å². The zero-order valence-corrected chi connectivity index (χ0v) is 13.1. The highest BCUT2D eigenvalue weighted by Gasteiger charge is 2.16. The first-order chi connectivity index (χ1) is 11.1. The van der Waals surface area contributed by atoms with Crippen LogP contribution in [0.15, 0.2) is 48.7 Å². The van der Waals surface area contributed by atoms with Gasteiger partial charge in [0.2, 0.25) is 0 Å². The molecular weight excluding hydrogens is 294 g/mol. The maximum absolute atomic E-state index is 13.5. The van der Waals surface area contributed by atoms with E-state index in [4.69, 9.17) is 5.73 Å². The van der Waals surface area contributed by atoms with Gasteiger partial charge in [-0.15, -0.1) is 0 Å². The molecule has 0 aliphatic heterocycles. The van der Waals surface area contributed by atoms with Gasteiger partial charge in [0.25, 0.3) is 0 Å². The molecule has 120 valence electrons. The zero-order valence-electron chi connectivity index (χ0n) is 13.1. The van der Waals surface area contributed by atoms with E-state index in [2.05, 4.69) is 29.8 Å². The number of benzene rings is 2. The maximum atomic E-state index is 13.5. The summed E-state index contributed by atoms with van der Waals surface area (Å²) in [7, 11) is 0. The minimum atomic E-state index is -0.827. The Hall–Kier alpha value is -2.20. The minimum Gasteiger partial charge on any atom is -0.347 e. The van der Waals surface area contributed by atoms with Crippen molar-refractivity contribution in [1.29, 1.82) is 0 Å². The van der Waals surface area contributed by atoms with Crippen LogP contribution in [0, 0.1) is 11.6 Å². The Morgan fingerprint density at radius 2 is 1.87 bits per heavy atom. The van der Waals surface area contributed by atoms with Gasteiger partial charge in [-0.3, -0.25) is 0 Å². The van der Waals surface area contributed by atoms with Crippen molar-refractivity contribution in [2.24, 2.45) is 5.73 Å². The van der Waals surface area contributed by atoms with E-state index >= 15 is 0 Å². The van der Waals surface area contributed by atoms with Gasteiger partial charge in [0.1, 0.15) is 0 Å². The summed E-state index contributed by atoms with van der Waals surface area (Å²) in [6.45, 7) is 3.38. The van der Waals surface area contributed by atoms with Gasteiger partial charge in [0, 0.05) is 29.6 Å². The van der Waals surface area contributed by atoms with Crippen molar-refractivity contribution < 1.29 is 8.78 Å². The van der Waals surface area contributed by atoms with Crippen molar-refractivity contribution in [3.05, 3.63) is 71.4 Å². The first-order valence-electron chi connectivity index (χ1n) is 7.85. The molecule has 2 nitrogen and oxygen atoms in total. The van der Waals surface area contributed by atoms with Gasteiger partial charge in [0.05, 0.1) is 0 Å². The molecule has 0 aliphatic carbocycles. The standard InChI is InChI=1S/C19H20F2N2/c1-2-23-12-15(16-5-3-4-6-19(16)23)9-14(11-22)13-7-8-17(20)18(21)10-13/h3-8,10,12,14H,2,9,11,22H2,1H3. The summed E-state index contributed by atoms with van der Waals surface area (Å²) in [5.41, 5.74) is 9.01. The van der Waals surface area contributed by atoms with Crippen LogP contribution in [0.1, 0.15) is 24.0 Å². The van der Waals surface area contributed by atoms with E-state index in [0.717, 1.165) is 12.1 Å². The van der Waals surface area contributed by atoms with Crippen LogP contribution < -0.4 is 5.73 Å². The van der Waals surface area contributed by atoms with Gasteiger partial charge in [-0.25, -0.2) is 8.78 Å². The molecule has 1 aromatic heterocycles. The summed E-state index contributed by atoms with van der Waals surface area (Å²) in [6, 6.07) is 12.3. The van der Waals surface area contributed by atoms with Crippen molar-refractivity contribution in [3.8, 4) is 0 Å². The van der Waals surface area contributed by atoms with E-state index in [1.54, 1.807) is 6.07 Å². The summed E-state index contributed by atoms with van der Waals surface area (Å²) in [4.78, 5) is 0. The molecule has 0 spiro atoms. The smallest absolute Gasteiger partial charge is 0.159 e. The summed E-state index contributed by atoms with van der Waals surface area (Å²) in [5.74, 6) is -1.69. The molecule has 1 unspecified atom stereocenters. The van der Waals surface area contributed by atoms with E-state index in [1.165, 1.54) is 28.6 Å².